The molecule has 0 saturated carbocycles. The van der Waals surface area contributed by atoms with Gasteiger partial charge >= 0.3 is 0 Å². The second-order valence-corrected chi connectivity index (χ2v) is 3.74. The summed E-state index contributed by atoms with van der Waals surface area (Å²) in [6, 6.07) is 0.408. The van der Waals surface area contributed by atoms with Crippen molar-refractivity contribution < 1.29 is 8.78 Å². The molecule has 2 rings (SSSR count). The molecule has 2 aliphatic rings. The Balaban J connectivity index is 1.79. The van der Waals surface area contributed by atoms with E-state index in [1.54, 1.807) is 0 Å². The van der Waals surface area contributed by atoms with Gasteiger partial charge in [0.25, 0.3) is 5.92 Å². The molecular formula is C8H14F2N2. The first kappa shape index (κ1) is 8.38. The Bertz CT molecular complexity index is 158. The predicted molar refractivity (Wildman–Crippen MR) is 42.4 cm³/mol. The van der Waals surface area contributed by atoms with E-state index in [0.29, 0.717) is 6.04 Å². The van der Waals surface area contributed by atoms with Crippen LogP contribution in [0.15, 0.2) is 0 Å². The standard InChI is InChI=1S/C8H14F2N2/c9-8(10)5-12(6-8)7-1-3-11-4-2-7/h7,11H,1-6H2. The minimum absolute atomic E-state index is 0.0162. The molecule has 4 heteroatoms. The van der Waals surface area contributed by atoms with Crippen molar-refractivity contribution in [1.29, 1.82) is 0 Å². The summed E-state index contributed by atoms with van der Waals surface area (Å²) in [4.78, 5) is 1.90. The highest BCUT2D eigenvalue weighted by atomic mass is 19.3. The molecule has 0 aromatic rings. The lowest BCUT2D eigenvalue weighted by Crippen LogP contribution is -2.61. The van der Waals surface area contributed by atoms with E-state index >= 15 is 0 Å². The largest absolute Gasteiger partial charge is 0.317 e. The van der Waals surface area contributed by atoms with E-state index in [0.717, 1.165) is 25.9 Å². The second kappa shape index (κ2) is 2.92. The highest BCUT2D eigenvalue weighted by molar-refractivity contribution is 4.92. The van der Waals surface area contributed by atoms with Gasteiger partial charge in [-0.2, -0.15) is 0 Å². The number of nitrogens with zero attached hydrogens (tertiary/aromatic N) is 1. The van der Waals surface area contributed by atoms with Gasteiger partial charge in [-0.3, -0.25) is 4.90 Å². The van der Waals surface area contributed by atoms with Gasteiger partial charge in [-0.05, 0) is 25.9 Å². The summed E-state index contributed by atoms with van der Waals surface area (Å²) in [5.41, 5.74) is 0. The Hall–Kier alpha value is -0.220. The Morgan fingerprint density at radius 3 is 2.25 bits per heavy atom. The molecule has 0 bridgehead atoms. The van der Waals surface area contributed by atoms with Gasteiger partial charge in [-0.25, -0.2) is 8.78 Å². The zero-order chi connectivity index (χ0) is 8.60. The number of likely N-dealkylation sites (tertiary alicyclic amines) is 1. The fourth-order valence-corrected chi connectivity index (χ4v) is 1.98. The van der Waals surface area contributed by atoms with Crippen LogP contribution in [-0.2, 0) is 0 Å². The van der Waals surface area contributed by atoms with E-state index in [-0.39, 0.29) is 13.1 Å². The Labute approximate surface area is 70.9 Å². The number of alkyl halides is 2. The van der Waals surface area contributed by atoms with E-state index in [1.807, 2.05) is 4.90 Å². The number of hydrogen-bond acceptors (Lipinski definition) is 2. The summed E-state index contributed by atoms with van der Waals surface area (Å²) in [5.74, 6) is -2.40. The normalized spacial score (nSPS) is 31.5. The maximum absolute atomic E-state index is 12.5. The molecule has 0 amide bonds. The third kappa shape index (κ3) is 1.59. The van der Waals surface area contributed by atoms with Crippen LogP contribution in [0.2, 0.25) is 0 Å². The molecule has 0 aliphatic carbocycles. The Kier molecular flexibility index (Phi) is 2.04. The molecule has 2 heterocycles. The van der Waals surface area contributed by atoms with Gasteiger partial charge in [-0.1, -0.05) is 0 Å². The van der Waals surface area contributed by atoms with Crippen LogP contribution in [0.1, 0.15) is 12.8 Å². The van der Waals surface area contributed by atoms with Gasteiger partial charge in [0.1, 0.15) is 0 Å². The quantitative estimate of drug-likeness (QED) is 0.632. The Morgan fingerprint density at radius 2 is 1.75 bits per heavy atom. The zero-order valence-electron chi connectivity index (χ0n) is 7.02. The van der Waals surface area contributed by atoms with Crippen molar-refractivity contribution in [3.05, 3.63) is 0 Å². The molecule has 2 fully saturated rings. The van der Waals surface area contributed by atoms with Crippen molar-refractivity contribution in [2.75, 3.05) is 26.2 Å². The van der Waals surface area contributed by atoms with Crippen LogP contribution in [0, 0.1) is 0 Å². The number of hydrogen-bond donors (Lipinski definition) is 1. The minimum atomic E-state index is -2.40. The minimum Gasteiger partial charge on any atom is -0.317 e. The van der Waals surface area contributed by atoms with Crippen molar-refractivity contribution in [2.45, 2.75) is 24.8 Å². The second-order valence-electron chi connectivity index (χ2n) is 3.74. The maximum atomic E-state index is 12.5. The molecule has 0 radical (unpaired) electrons. The van der Waals surface area contributed by atoms with Crippen molar-refractivity contribution in [3.8, 4) is 0 Å². The van der Waals surface area contributed by atoms with Crippen LogP contribution in [0.3, 0.4) is 0 Å². The molecule has 1 N–H and O–H groups in total. The molecule has 0 aromatic heterocycles. The van der Waals surface area contributed by atoms with Crippen LogP contribution in [-0.4, -0.2) is 43.0 Å². The van der Waals surface area contributed by atoms with Gasteiger partial charge in [0.15, 0.2) is 0 Å². The fraction of sp³-hybridized carbons (Fsp3) is 1.00. The molecule has 2 aliphatic heterocycles. The molecule has 0 spiro atoms. The van der Waals surface area contributed by atoms with E-state index < -0.39 is 5.92 Å². The van der Waals surface area contributed by atoms with Crippen LogP contribution in [0.25, 0.3) is 0 Å². The molecule has 2 saturated heterocycles. The van der Waals surface area contributed by atoms with E-state index in [1.165, 1.54) is 0 Å². The Morgan fingerprint density at radius 1 is 1.17 bits per heavy atom. The zero-order valence-corrected chi connectivity index (χ0v) is 7.02. The highest BCUT2D eigenvalue weighted by Gasteiger charge is 2.46. The summed E-state index contributed by atoms with van der Waals surface area (Å²) < 4.78 is 25.0. The van der Waals surface area contributed by atoms with Crippen LogP contribution in [0.5, 0.6) is 0 Å². The maximum Gasteiger partial charge on any atom is 0.272 e. The van der Waals surface area contributed by atoms with Gasteiger partial charge in [0, 0.05) is 6.04 Å². The summed E-state index contributed by atoms with van der Waals surface area (Å²) in [6.45, 7) is 1.93. The first-order chi connectivity index (χ1) is 5.67. The average Bonchev–Trinajstić information content (AvgIpc) is 2.02. The summed E-state index contributed by atoms with van der Waals surface area (Å²) in [6.07, 6.45) is 2.05. The van der Waals surface area contributed by atoms with Crippen LogP contribution >= 0.6 is 0 Å². The molecule has 2 nitrogen and oxygen atoms in total. The lowest BCUT2D eigenvalue weighted by atomic mass is 9.99. The number of halogens is 2. The number of piperidine rings is 1. The number of rotatable bonds is 1. The van der Waals surface area contributed by atoms with E-state index in [4.69, 9.17) is 0 Å². The number of nitrogens with one attached hydrogen (secondary N) is 1. The first-order valence-corrected chi connectivity index (χ1v) is 4.50. The molecular weight excluding hydrogens is 162 g/mol. The van der Waals surface area contributed by atoms with Gasteiger partial charge in [0.05, 0.1) is 13.1 Å². The van der Waals surface area contributed by atoms with Gasteiger partial charge in [0.2, 0.25) is 0 Å². The van der Waals surface area contributed by atoms with Gasteiger partial charge in [-0.15, -0.1) is 0 Å². The van der Waals surface area contributed by atoms with Gasteiger partial charge < -0.3 is 5.32 Å². The first-order valence-electron chi connectivity index (χ1n) is 4.50. The van der Waals surface area contributed by atoms with Crippen molar-refractivity contribution in [2.24, 2.45) is 0 Å². The average molecular weight is 176 g/mol. The fourth-order valence-electron chi connectivity index (χ4n) is 1.98. The summed E-state index contributed by atoms with van der Waals surface area (Å²) in [5, 5.41) is 3.22. The third-order valence-electron chi connectivity index (χ3n) is 2.69. The summed E-state index contributed by atoms with van der Waals surface area (Å²) in [7, 11) is 0. The molecule has 0 aromatic carbocycles. The predicted octanol–water partition coefficient (Wildman–Crippen LogP) is 0.689. The lowest BCUT2D eigenvalue weighted by molar-refractivity contribution is -0.148. The van der Waals surface area contributed by atoms with Crippen molar-refractivity contribution in [1.82, 2.24) is 10.2 Å². The van der Waals surface area contributed by atoms with E-state index in [9.17, 15) is 8.78 Å². The molecule has 70 valence electrons. The SMILES string of the molecule is FC1(F)CN(C2CCNCC2)C1. The van der Waals surface area contributed by atoms with Crippen LogP contribution < -0.4 is 5.32 Å². The molecule has 0 atom stereocenters. The monoisotopic (exact) mass is 176 g/mol. The summed E-state index contributed by atoms with van der Waals surface area (Å²) >= 11 is 0. The lowest BCUT2D eigenvalue weighted by Gasteiger charge is -2.45. The van der Waals surface area contributed by atoms with E-state index in [2.05, 4.69) is 5.32 Å². The highest BCUT2D eigenvalue weighted by Crippen LogP contribution is 2.30. The topological polar surface area (TPSA) is 15.3 Å². The third-order valence-corrected chi connectivity index (χ3v) is 2.69. The van der Waals surface area contributed by atoms with Crippen LogP contribution in [0.4, 0.5) is 8.78 Å². The van der Waals surface area contributed by atoms with Crippen molar-refractivity contribution >= 4 is 0 Å². The molecule has 0 unspecified atom stereocenters. The molecule has 12 heavy (non-hydrogen) atoms. The van der Waals surface area contributed by atoms with Crippen molar-refractivity contribution in [3.63, 3.8) is 0 Å². The smallest absolute Gasteiger partial charge is 0.272 e.